The number of rotatable bonds is 3. The molecule has 0 bridgehead atoms. The van der Waals surface area contributed by atoms with E-state index in [0.717, 1.165) is 0 Å². The lowest BCUT2D eigenvalue weighted by atomic mass is 9.61. The molecule has 1 heterocycles. The van der Waals surface area contributed by atoms with E-state index in [1.165, 1.54) is 0 Å². The van der Waals surface area contributed by atoms with Crippen molar-refractivity contribution in [3.05, 3.63) is 0 Å². The van der Waals surface area contributed by atoms with Gasteiger partial charge in [-0.3, -0.25) is 0 Å². The molecule has 0 spiro atoms. The average molecular weight is 168 g/mol. The normalized spacial score (nSPS) is 18.8. The summed E-state index contributed by atoms with van der Waals surface area (Å²) in [6.45, 7) is 4.98. The standard InChI is InChI=1S/C4H15B3N4O/c1-4-12-7-10-5(2)9-6(8-3)11-7/h8-11H,4H2,1-3H3. The second kappa shape index (κ2) is 4.88. The van der Waals surface area contributed by atoms with Crippen molar-refractivity contribution in [2.75, 3.05) is 13.7 Å². The first-order chi connectivity index (χ1) is 5.76. The highest BCUT2D eigenvalue weighted by Crippen LogP contribution is 1.85. The molecule has 1 rings (SSSR count). The highest BCUT2D eigenvalue weighted by Gasteiger charge is 2.33. The van der Waals surface area contributed by atoms with Gasteiger partial charge in [-0.25, -0.2) is 0 Å². The summed E-state index contributed by atoms with van der Waals surface area (Å²) in [5.41, 5.74) is 0. The molecule has 1 aliphatic heterocycles. The van der Waals surface area contributed by atoms with Crippen molar-refractivity contribution in [2.24, 2.45) is 0 Å². The maximum Gasteiger partial charge on any atom is 0.453 e. The van der Waals surface area contributed by atoms with Crippen LogP contribution in [0.25, 0.3) is 0 Å². The molecule has 0 aromatic heterocycles. The first-order valence-corrected chi connectivity index (χ1v) is 4.33. The second-order valence-electron chi connectivity index (χ2n) is 2.78. The SMILES string of the molecule is CCOB1NB(C)NB(NC)N1. The number of hydrogen-bond donors (Lipinski definition) is 4. The van der Waals surface area contributed by atoms with Crippen LogP contribution in [-0.2, 0) is 4.65 Å². The van der Waals surface area contributed by atoms with Gasteiger partial charge >= 0.3 is 14.3 Å². The van der Waals surface area contributed by atoms with Gasteiger partial charge in [0.1, 0.15) is 0 Å². The van der Waals surface area contributed by atoms with Gasteiger partial charge in [0.25, 0.3) is 6.98 Å². The van der Waals surface area contributed by atoms with Crippen LogP contribution in [0.2, 0.25) is 6.82 Å². The lowest BCUT2D eigenvalue weighted by Crippen LogP contribution is -2.78. The molecule has 1 saturated heterocycles. The molecule has 0 aliphatic carbocycles. The van der Waals surface area contributed by atoms with Crippen LogP contribution in [0.1, 0.15) is 6.92 Å². The van der Waals surface area contributed by atoms with Crippen molar-refractivity contribution in [3.63, 3.8) is 0 Å². The van der Waals surface area contributed by atoms with Crippen molar-refractivity contribution in [1.29, 1.82) is 0 Å². The number of nitrogens with one attached hydrogen (secondary N) is 4. The average Bonchev–Trinajstić information content (AvgIpc) is 2.04. The summed E-state index contributed by atoms with van der Waals surface area (Å²) >= 11 is 0. The van der Waals surface area contributed by atoms with Crippen LogP contribution in [0.4, 0.5) is 0 Å². The van der Waals surface area contributed by atoms with Crippen molar-refractivity contribution < 1.29 is 4.65 Å². The fourth-order valence-corrected chi connectivity index (χ4v) is 1.20. The monoisotopic (exact) mass is 168 g/mol. The van der Waals surface area contributed by atoms with E-state index in [9.17, 15) is 0 Å². The molecule has 5 nitrogen and oxygen atoms in total. The van der Waals surface area contributed by atoms with Gasteiger partial charge in [-0.2, -0.15) is 0 Å². The van der Waals surface area contributed by atoms with E-state index in [0.29, 0.717) is 6.61 Å². The van der Waals surface area contributed by atoms with Crippen molar-refractivity contribution >= 4 is 21.3 Å². The lowest BCUT2D eigenvalue weighted by Gasteiger charge is -2.29. The smallest absolute Gasteiger partial charge is 0.410 e. The van der Waals surface area contributed by atoms with Crippen molar-refractivity contribution in [1.82, 2.24) is 20.6 Å². The molecule has 0 aromatic rings. The van der Waals surface area contributed by atoms with Crippen molar-refractivity contribution in [2.45, 2.75) is 13.7 Å². The highest BCUT2D eigenvalue weighted by atomic mass is 16.4. The summed E-state index contributed by atoms with van der Waals surface area (Å²) in [5, 5.41) is 12.7. The van der Waals surface area contributed by atoms with Gasteiger partial charge in [-0.15, -0.1) is 0 Å². The molecule has 8 heteroatoms. The zero-order chi connectivity index (χ0) is 8.97. The third-order valence-electron chi connectivity index (χ3n) is 1.76. The Morgan fingerprint density at radius 3 is 2.67 bits per heavy atom. The van der Waals surface area contributed by atoms with Crippen LogP contribution in [-0.4, -0.2) is 34.9 Å². The van der Waals surface area contributed by atoms with E-state index in [1.54, 1.807) is 0 Å². The van der Waals surface area contributed by atoms with E-state index >= 15 is 0 Å². The summed E-state index contributed by atoms with van der Waals surface area (Å²) in [6.07, 6.45) is 0. The Balaban J connectivity index is 2.34. The minimum Gasteiger partial charge on any atom is -0.410 e. The van der Waals surface area contributed by atoms with E-state index in [4.69, 9.17) is 4.65 Å². The lowest BCUT2D eigenvalue weighted by molar-refractivity contribution is 0.334. The second-order valence-corrected chi connectivity index (χ2v) is 2.78. The van der Waals surface area contributed by atoms with Crippen LogP contribution < -0.4 is 20.6 Å². The molecular weight excluding hydrogens is 153 g/mol. The summed E-state index contributed by atoms with van der Waals surface area (Å²) in [4.78, 5) is 0. The van der Waals surface area contributed by atoms with Gasteiger partial charge in [-0.1, -0.05) is 6.82 Å². The highest BCUT2D eigenvalue weighted by molar-refractivity contribution is 6.83. The Morgan fingerprint density at radius 1 is 1.33 bits per heavy atom. The molecule has 4 N–H and O–H groups in total. The molecule has 0 saturated carbocycles. The van der Waals surface area contributed by atoms with Crippen LogP contribution in [0.5, 0.6) is 0 Å². The van der Waals surface area contributed by atoms with Gasteiger partial charge in [0.15, 0.2) is 0 Å². The molecule has 1 fully saturated rings. The fourth-order valence-electron chi connectivity index (χ4n) is 1.20. The molecule has 12 heavy (non-hydrogen) atoms. The predicted molar refractivity (Wildman–Crippen MR) is 53.2 cm³/mol. The largest absolute Gasteiger partial charge is 0.453 e. The summed E-state index contributed by atoms with van der Waals surface area (Å²) < 4.78 is 5.38. The maximum absolute atomic E-state index is 5.38. The fraction of sp³-hybridized carbons (Fsp3) is 1.00. The summed E-state index contributed by atoms with van der Waals surface area (Å²) in [6, 6.07) is 0. The Morgan fingerprint density at radius 2 is 2.08 bits per heavy atom. The van der Waals surface area contributed by atoms with Gasteiger partial charge in [0, 0.05) is 6.61 Å². The minimum absolute atomic E-state index is 0.0660. The van der Waals surface area contributed by atoms with Crippen LogP contribution in [0, 0.1) is 0 Å². The molecule has 0 aromatic carbocycles. The topological polar surface area (TPSA) is 57.4 Å². The third-order valence-corrected chi connectivity index (χ3v) is 1.76. The van der Waals surface area contributed by atoms with Crippen LogP contribution in [0.15, 0.2) is 0 Å². The summed E-state index contributed by atoms with van der Waals surface area (Å²) in [5.74, 6) is 0. The van der Waals surface area contributed by atoms with Crippen LogP contribution in [0.3, 0.4) is 0 Å². The Bertz CT molecular complexity index is 139. The number of hydrogen-bond acceptors (Lipinski definition) is 5. The van der Waals surface area contributed by atoms with Gasteiger partial charge in [0.05, 0.1) is 0 Å². The quantitative estimate of drug-likeness (QED) is 0.371. The van der Waals surface area contributed by atoms with E-state index in [1.807, 2.05) is 14.0 Å². The third kappa shape index (κ3) is 2.80. The van der Waals surface area contributed by atoms with E-state index in [2.05, 4.69) is 27.5 Å². The first kappa shape index (κ1) is 10.1. The van der Waals surface area contributed by atoms with Gasteiger partial charge in [0.2, 0.25) is 0 Å². The van der Waals surface area contributed by atoms with Gasteiger partial charge < -0.3 is 25.3 Å². The summed E-state index contributed by atoms with van der Waals surface area (Å²) in [7, 11) is 1.94. The van der Waals surface area contributed by atoms with E-state index in [-0.39, 0.29) is 21.3 Å². The Labute approximate surface area is 74.8 Å². The first-order valence-electron chi connectivity index (χ1n) is 4.33. The van der Waals surface area contributed by atoms with Gasteiger partial charge in [-0.05, 0) is 14.0 Å². The van der Waals surface area contributed by atoms with E-state index < -0.39 is 0 Å². The predicted octanol–water partition coefficient (Wildman–Crippen LogP) is -1.89. The Hall–Kier alpha value is -0.00519. The zero-order valence-electron chi connectivity index (χ0n) is 7.85. The molecule has 0 amide bonds. The molecule has 66 valence electrons. The zero-order valence-corrected chi connectivity index (χ0v) is 7.85. The Kier molecular flexibility index (Phi) is 4.10. The molecule has 0 unspecified atom stereocenters. The van der Waals surface area contributed by atoms with Crippen molar-refractivity contribution in [3.8, 4) is 0 Å². The molecule has 0 atom stereocenters. The molecular formula is C4H15B3N4O. The minimum atomic E-state index is -0.0660. The van der Waals surface area contributed by atoms with Crippen LogP contribution >= 0.6 is 0 Å². The maximum atomic E-state index is 5.38. The molecule has 1 aliphatic rings. The molecule has 0 radical (unpaired) electrons.